The Hall–Kier alpha value is 0.0500. The molecule has 0 aliphatic rings. The zero-order valence-corrected chi connectivity index (χ0v) is 11.7. The third kappa shape index (κ3) is 3.81. The summed E-state index contributed by atoms with van der Waals surface area (Å²) < 4.78 is 0. The molecule has 0 bridgehead atoms. The van der Waals surface area contributed by atoms with E-state index >= 15 is 0 Å². The minimum atomic E-state index is 0.354. The van der Waals surface area contributed by atoms with Gasteiger partial charge in [-0.05, 0) is 24.5 Å². The van der Waals surface area contributed by atoms with Crippen molar-refractivity contribution in [3.05, 3.63) is 33.8 Å². The molecule has 0 aromatic heterocycles. The predicted molar refractivity (Wildman–Crippen MR) is 72.6 cm³/mol. The summed E-state index contributed by atoms with van der Waals surface area (Å²) in [5.74, 6) is 1.08. The zero-order valence-electron chi connectivity index (χ0n) is 9.43. The first kappa shape index (κ1) is 14.1. The lowest BCUT2D eigenvalue weighted by Gasteiger charge is -2.19. The maximum Gasteiger partial charge on any atom is 0.0637 e. The van der Waals surface area contributed by atoms with Gasteiger partial charge in [-0.25, -0.2) is 0 Å². The Bertz CT molecular complexity index is 341. The molecule has 0 spiro atoms. The van der Waals surface area contributed by atoms with Gasteiger partial charge in [0, 0.05) is 18.5 Å². The van der Waals surface area contributed by atoms with Gasteiger partial charge >= 0.3 is 0 Å². The largest absolute Gasteiger partial charge is 0.310 e. The van der Waals surface area contributed by atoms with Crippen LogP contribution in [0.4, 0.5) is 0 Å². The van der Waals surface area contributed by atoms with Crippen molar-refractivity contribution < 1.29 is 0 Å². The highest BCUT2D eigenvalue weighted by molar-refractivity contribution is 6.42. The van der Waals surface area contributed by atoms with E-state index in [0.29, 0.717) is 34.4 Å². The number of hydrogen-bond acceptors (Lipinski definition) is 1. The standard InChI is InChI=1S/C12H16Cl3N/c1-8(6-13)9(2)16-7-10-4-3-5-11(14)12(10)15/h3-5,8-9,16H,6-7H2,1-2H3. The van der Waals surface area contributed by atoms with Gasteiger partial charge in [-0.2, -0.15) is 0 Å². The lowest BCUT2D eigenvalue weighted by atomic mass is 10.1. The number of halogens is 3. The molecular weight excluding hydrogens is 264 g/mol. The molecule has 0 amide bonds. The van der Waals surface area contributed by atoms with Gasteiger partial charge in [0.1, 0.15) is 0 Å². The molecule has 1 nitrogen and oxygen atoms in total. The van der Waals surface area contributed by atoms with E-state index in [2.05, 4.69) is 19.2 Å². The Morgan fingerprint density at radius 1 is 1.25 bits per heavy atom. The molecule has 90 valence electrons. The lowest BCUT2D eigenvalue weighted by molar-refractivity contribution is 0.430. The van der Waals surface area contributed by atoms with Crippen LogP contribution in [0, 0.1) is 5.92 Å². The first-order valence-electron chi connectivity index (χ1n) is 5.28. The molecule has 2 unspecified atom stereocenters. The molecule has 16 heavy (non-hydrogen) atoms. The molecule has 0 saturated carbocycles. The summed E-state index contributed by atoms with van der Waals surface area (Å²) in [5, 5.41) is 4.61. The van der Waals surface area contributed by atoms with Crippen LogP contribution in [0.1, 0.15) is 19.4 Å². The second kappa shape index (κ2) is 6.70. The van der Waals surface area contributed by atoms with Gasteiger partial charge in [-0.1, -0.05) is 42.3 Å². The second-order valence-electron chi connectivity index (χ2n) is 4.01. The molecule has 0 aliphatic heterocycles. The van der Waals surface area contributed by atoms with Crippen LogP contribution < -0.4 is 5.32 Å². The van der Waals surface area contributed by atoms with Gasteiger partial charge in [-0.15, -0.1) is 11.6 Å². The molecule has 1 aromatic carbocycles. The van der Waals surface area contributed by atoms with E-state index in [-0.39, 0.29) is 0 Å². The van der Waals surface area contributed by atoms with E-state index in [0.717, 1.165) is 5.56 Å². The number of nitrogens with one attached hydrogen (secondary N) is 1. The molecule has 0 aliphatic carbocycles. The van der Waals surface area contributed by atoms with Crippen molar-refractivity contribution in [3.63, 3.8) is 0 Å². The van der Waals surface area contributed by atoms with Crippen molar-refractivity contribution in [1.82, 2.24) is 5.32 Å². The van der Waals surface area contributed by atoms with E-state index in [1.54, 1.807) is 6.07 Å². The quantitative estimate of drug-likeness (QED) is 0.791. The normalized spacial score (nSPS) is 14.8. The highest BCUT2D eigenvalue weighted by atomic mass is 35.5. The van der Waals surface area contributed by atoms with Gasteiger partial charge in [0.15, 0.2) is 0 Å². The summed E-state index contributed by atoms with van der Waals surface area (Å²) in [7, 11) is 0. The molecule has 1 aromatic rings. The van der Waals surface area contributed by atoms with E-state index in [4.69, 9.17) is 34.8 Å². The monoisotopic (exact) mass is 279 g/mol. The molecule has 0 radical (unpaired) electrons. The molecule has 0 saturated heterocycles. The smallest absolute Gasteiger partial charge is 0.0637 e. The minimum absolute atomic E-state index is 0.354. The number of rotatable bonds is 5. The van der Waals surface area contributed by atoms with Gasteiger partial charge < -0.3 is 5.32 Å². The third-order valence-corrected chi connectivity index (χ3v) is 4.09. The molecule has 0 heterocycles. The summed E-state index contributed by atoms with van der Waals surface area (Å²) in [6.45, 7) is 4.94. The number of benzene rings is 1. The highest BCUT2D eigenvalue weighted by Crippen LogP contribution is 2.25. The number of alkyl halides is 1. The van der Waals surface area contributed by atoms with Crippen molar-refractivity contribution in [2.24, 2.45) is 5.92 Å². The molecule has 4 heteroatoms. The van der Waals surface area contributed by atoms with Crippen molar-refractivity contribution in [3.8, 4) is 0 Å². The summed E-state index contributed by atoms with van der Waals surface area (Å²) >= 11 is 17.8. The Kier molecular flexibility index (Phi) is 5.91. The average Bonchev–Trinajstić information content (AvgIpc) is 2.29. The topological polar surface area (TPSA) is 12.0 Å². The van der Waals surface area contributed by atoms with Crippen molar-refractivity contribution in [2.45, 2.75) is 26.4 Å². The first-order valence-corrected chi connectivity index (χ1v) is 6.57. The Morgan fingerprint density at radius 2 is 1.94 bits per heavy atom. The van der Waals surface area contributed by atoms with E-state index in [1.165, 1.54) is 0 Å². The summed E-state index contributed by atoms with van der Waals surface area (Å²) in [6.07, 6.45) is 0. The summed E-state index contributed by atoms with van der Waals surface area (Å²) in [6, 6.07) is 6.02. The van der Waals surface area contributed by atoms with Crippen LogP contribution in [0.2, 0.25) is 10.0 Å². The minimum Gasteiger partial charge on any atom is -0.310 e. The predicted octanol–water partition coefficient (Wildman–Crippen LogP) is 4.35. The number of hydrogen-bond donors (Lipinski definition) is 1. The van der Waals surface area contributed by atoms with Crippen LogP contribution in [0.3, 0.4) is 0 Å². The van der Waals surface area contributed by atoms with Crippen LogP contribution in [0.15, 0.2) is 18.2 Å². The van der Waals surface area contributed by atoms with Gasteiger partial charge in [0.2, 0.25) is 0 Å². The summed E-state index contributed by atoms with van der Waals surface area (Å²) in [4.78, 5) is 0. The van der Waals surface area contributed by atoms with E-state index in [9.17, 15) is 0 Å². The lowest BCUT2D eigenvalue weighted by Crippen LogP contribution is -2.32. The van der Waals surface area contributed by atoms with Crippen molar-refractivity contribution >= 4 is 34.8 Å². The Morgan fingerprint density at radius 3 is 2.56 bits per heavy atom. The Balaban J connectivity index is 2.58. The molecule has 1 N–H and O–H groups in total. The van der Waals surface area contributed by atoms with Crippen LogP contribution in [-0.4, -0.2) is 11.9 Å². The van der Waals surface area contributed by atoms with Crippen molar-refractivity contribution in [2.75, 3.05) is 5.88 Å². The van der Waals surface area contributed by atoms with Crippen LogP contribution in [0.5, 0.6) is 0 Å². The maximum atomic E-state index is 6.09. The maximum absolute atomic E-state index is 6.09. The van der Waals surface area contributed by atoms with Crippen molar-refractivity contribution in [1.29, 1.82) is 0 Å². The fourth-order valence-corrected chi connectivity index (χ4v) is 1.94. The fraction of sp³-hybridized carbons (Fsp3) is 0.500. The van der Waals surface area contributed by atoms with Crippen LogP contribution >= 0.6 is 34.8 Å². The van der Waals surface area contributed by atoms with Gasteiger partial charge in [0.05, 0.1) is 10.0 Å². The average molecular weight is 281 g/mol. The van der Waals surface area contributed by atoms with Crippen LogP contribution in [0.25, 0.3) is 0 Å². The van der Waals surface area contributed by atoms with E-state index in [1.807, 2.05) is 12.1 Å². The second-order valence-corrected chi connectivity index (χ2v) is 5.11. The zero-order chi connectivity index (χ0) is 12.1. The van der Waals surface area contributed by atoms with E-state index < -0.39 is 0 Å². The SMILES string of the molecule is CC(CCl)C(C)NCc1cccc(Cl)c1Cl. The molecule has 1 rings (SSSR count). The third-order valence-electron chi connectivity index (χ3n) is 2.74. The summed E-state index contributed by atoms with van der Waals surface area (Å²) in [5.41, 5.74) is 1.02. The van der Waals surface area contributed by atoms with Gasteiger partial charge in [-0.3, -0.25) is 0 Å². The fourth-order valence-electron chi connectivity index (χ4n) is 1.29. The molecular formula is C12H16Cl3N. The van der Waals surface area contributed by atoms with Gasteiger partial charge in [0.25, 0.3) is 0 Å². The Labute approximate surface area is 112 Å². The highest BCUT2D eigenvalue weighted by Gasteiger charge is 2.11. The van der Waals surface area contributed by atoms with Crippen LogP contribution in [-0.2, 0) is 6.54 Å². The molecule has 0 fully saturated rings. The first-order chi connectivity index (χ1) is 7.56. The molecule has 2 atom stereocenters.